The Labute approximate surface area is 128 Å². The summed E-state index contributed by atoms with van der Waals surface area (Å²) in [6, 6.07) is 8.71. The van der Waals surface area contributed by atoms with Gasteiger partial charge in [0.15, 0.2) is 0 Å². The minimum absolute atomic E-state index is 0.136. The number of carbonyl (C=O) groups is 2. The van der Waals surface area contributed by atoms with Crippen molar-refractivity contribution >= 4 is 11.9 Å². The highest BCUT2D eigenvalue weighted by Crippen LogP contribution is 2.24. The van der Waals surface area contributed by atoms with Gasteiger partial charge in [0.1, 0.15) is 6.04 Å². The fraction of sp³-hybridized carbons (Fsp3) is 0.294. The van der Waals surface area contributed by atoms with Crippen LogP contribution in [-0.2, 0) is 29.0 Å². The molecule has 1 aliphatic rings. The summed E-state index contributed by atoms with van der Waals surface area (Å²) < 4.78 is 4.98. The van der Waals surface area contributed by atoms with E-state index in [1.54, 1.807) is 12.5 Å². The van der Waals surface area contributed by atoms with Gasteiger partial charge in [-0.25, -0.2) is 4.79 Å². The van der Waals surface area contributed by atoms with E-state index in [4.69, 9.17) is 4.42 Å². The van der Waals surface area contributed by atoms with Crippen LogP contribution in [0, 0.1) is 0 Å². The normalized spacial score (nSPS) is 17.1. The van der Waals surface area contributed by atoms with Crippen molar-refractivity contribution in [3.05, 3.63) is 59.5 Å². The number of amides is 1. The summed E-state index contributed by atoms with van der Waals surface area (Å²) in [5.74, 6) is -1.09. The molecule has 5 nitrogen and oxygen atoms in total. The Morgan fingerprint density at radius 1 is 1.23 bits per heavy atom. The first kappa shape index (κ1) is 14.4. The maximum atomic E-state index is 12.4. The average molecular weight is 299 g/mol. The molecule has 0 fully saturated rings. The van der Waals surface area contributed by atoms with Gasteiger partial charge in [0.25, 0.3) is 0 Å². The molecule has 0 radical (unpaired) electrons. The Morgan fingerprint density at radius 2 is 2.00 bits per heavy atom. The van der Waals surface area contributed by atoms with Crippen LogP contribution in [0.2, 0.25) is 0 Å². The predicted molar refractivity (Wildman–Crippen MR) is 79.1 cm³/mol. The lowest BCUT2D eigenvalue weighted by atomic mass is 9.93. The molecular formula is C17H17NO4. The minimum atomic E-state index is -0.953. The van der Waals surface area contributed by atoms with E-state index in [1.165, 1.54) is 4.90 Å². The molecule has 1 amide bonds. The molecule has 1 aromatic carbocycles. The molecule has 1 atom stereocenters. The molecule has 22 heavy (non-hydrogen) atoms. The molecule has 5 heteroatoms. The van der Waals surface area contributed by atoms with Gasteiger partial charge in [-0.1, -0.05) is 24.3 Å². The van der Waals surface area contributed by atoms with Gasteiger partial charge in [-0.05, 0) is 29.2 Å². The van der Waals surface area contributed by atoms with Gasteiger partial charge >= 0.3 is 5.97 Å². The van der Waals surface area contributed by atoms with Gasteiger partial charge in [-0.2, -0.15) is 0 Å². The standard InChI is InChI=1S/C17H17NO4/c19-16(6-5-12-7-8-22-11-12)18-10-14-4-2-1-3-13(14)9-15(18)17(20)21/h1-4,7-8,11,15H,5-6,9-10H2,(H,20,21). The maximum Gasteiger partial charge on any atom is 0.326 e. The highest BCUT2D eigenvalue weighted by Gasteiger charge is 2.34. The molecule has 1 N–H and O–H groups in total. The Hall–Kier alpha value is -2.56. The summed E-state index contributed by atoms with van der Waals surface area (Å²) in [4.78, 5) is 25.4. The summed E-state index contributed by atoms with van der Waals surface area (Å²) >= 11 is 0. The van der Waals surface area contributed by atoms with E-state index in [1.807, 2.05) is 30.3 Å². The molecule has 0 saturated heterocycles. The van der Waals surface area contributed by atoms with E-state index in [9.17, 15) is 14.7 Å². The van der Waals surface area contributed by atoms with Crippen LogP contribution >= 0.6 is 0 Å². The van der Waals surface area contributed by atoms with Crippen LogP contribution in [0.15, 0.2) is 47.3 Å². The molecule has 0 spiro atoms. The SMILES string of the molecule is O=C(O)C1Cc2ccccc2CN1C(=O)CCc1ccoc1. The smallest absolute Gasteiger partial charge is 0.326 e. The van der Waals surface area contributed by atoms with Crippen molar-refractivity contribution in [1.82, 2.24) is 4.90 Å². The van der Waals surface area contributed by atoms with Crippen molar-refractivity contribution in [2.24, 2.45) is 0 Å². The number of aryl methyl sites for hydroxylation is 1. The highest BCUT2D eigenvalue weighted by atomic mass is 16.4. The van der Waals surface area contributed by atoms with Crippen LogP contribution < -0.4 is 0 Å². The molecule has 0 bridgehead atoms. The zero-order valence-electron chi connectivity index (χ0n) is 12.1. The van der Waals surface area contributed by atoms with Crippen LogP contribution in [-0.4, -0.2) is 27.9 Å². The first-order chi connectivity index (χ1) is 10.6. The quantitative estimate of drug-likeness (QED) is 0.940. The van der Waals surface area contributed by atoms with E-state index in [2.05, 4.69) is 0 Å². The largest absolute Gasteiger partial charge is 0.480 e. The zero-order chi connectivity index (χ0) is 15.5. The fourth-order valence-electron chi connectivity index (χ4n) is 2.84. The monoisotopic (exact) mass is 299 g/mol. The molecule has 0 aliphatic carbocycles. The van der Waals surface area contributed by atoms with Crippen molar-refractivity contribution in [3.8, 4) is 0 Å². The van der Waals surface area contributed by atoms with Gasteiger partial charge in [0.05, 0.1) is 12.5 Å². The molecular weight excluding hydrogens is 282 g/mol. The Kier molecular flexibility index (Phi) is 3.96. The number of carbonyl (C=O) groups excluding carboxylic acids is 1. The van der Waals surface area contributed by atoms with Crippen LogP contribution in [0.4, 0.5) is 0 Å². The molecule has 0 saturated carbocycles. The van der Waals surface area contributed by atoms with E-state index in [0.29, 0.717) is 19.4 Å². The van der Waals surface area contributed by atoms with Gasteiger partial charge in [-0.15, -0.1) is 0 Å². The first-order valence-electron chi connectivity index (χ1n) is 7.25. The summed E-state index contributed by atoms with van der Waals surface area (Å²) in [6.45, 7) is 0.358. The number of fused-ring (bicyclic) bond motifs is 1. The molecule has 114 valence electrons. The lowest BCUT2D eigenvalue weighted by Crippen LogP contribution is -2.48. The number of aliphatic carboxylic acids is 1. The van der Waals surface area contributed by atoms with Gasteiger partial charge < -0.3 is 14.4 Å². The molecule has 3 rings (SSSR count). The Balaban J connectivity index is 1.75. The van der Waals surface area contributed by atoms with Crippen molar-refractivity contribution in [3.63, 3.8) is 0 Å². The van der Waals surface area contributed by atoms with E-state index in [0.717, 1.165) is 16.7 Å². The van der Waals surface area contributed by atoms with Crippen LogP contribution in [0.1, 0.15) is 23.1 Å². The summed E-state index contributed by atoms with van der Waals surface area (Å²) in [7, 11) is 0. The van der Waals surface area contributed by atoms with Gasteiger partial charge in [-0.3, -0.25) is 4.79 Å². The van der Waals surface area contributed by atoms with Crippen molar-refractivity contribution in [2.75, 3.05) is 0 Å². The molecule has 2 aromatic rings. The minimum Gasteiger partial charge on any atom is -0.480 e. The molecule has 1 aliphatic heterocycles. The number of benzene rings is 1. The van der Waals surface area contributed by atoms with E-state index >= 15 is 0 Å². The van der Waals surface area contributed by atoms with Gasteiger partial charge in [0.2, 0.25) is 5.91 Å². The van der Waals surface area contributed by atoms with Crippen LogP contribution in [0.25, 0.3) is 0 Å². The third-order valence-electron chi connectivity index (χ3n) is 4.06. The lowest BCUT2D eigenvalue weighted by Gasteiger charge is -2.34. The average Bonchev–Trinajstić information content (AvgIpc) is 3.04. The fourth-order valence-corrected chi connectivity index (χ4v) is 2.84. The van der Waals surface area contributed by atoms with Crippen LogP contribution in [0.5, 0.6) is 0 Å². The summed E-state index contributed by atoms with van der Waals surface area (Å²) in [5.41, 5.74) is 2.98. The summed E-state index contributed by atoms with van der Waals surface area (Å²) in [5, 5.41) is 9.43. The summed E-state index contributed by atoms with van der Waals surface area (Å²) in [6.07, 6.45) is 4.37. The third-order valence-corrected chi connectivity index (χ3v) is 4.06. The number of rotatable bonds is 4. The number of carboxylic acid groups (broad SMARTS) is 1. The topological polar surface area (TPSA) is 70.8 Å². The lowest BCUT2D eigenvalue weighted by molar-refractivity contribution is -0.151. The second-order valence-electron chi connectivity index (χ2n) is 5.48. The number of hydrogen-bond donors (Lipinski definition) is 1. The Bertz CT molecular complexity index is 678. The second kappa shape index (κ2) is 6.05. The van der Waals surface area contributed by atoms with E-state index < -0.39 is 12.0 Å². The third kappa shape index (κ3) is 2.88. The van der Waals surface area contributed by atoms with Crippen LogP contribution in [0.3, 0.4) is 0 Å². The number of nitrogens with zero attached hydrogens (tertiary/aromatic N) is 1. The van der Waals surface area contributed by atoms with Crippen molar-refractivity contribution in [1.29, 1.82) is 0 Å². The zero-order valence-corrected chi connectivity index (χ0v) is 12.1. The molecule has 1 unspecified atom stereocenters. The van der Waals surface area contributed by atoms with Crippen molar-refractivity contribution in [2.45, 2.75) is 31.8 Å². The Morgan fingerprint density at radius 3 is 2.68 bits per heavy atom. The van der Waals surface area contributed by atoms with Crippen molar-refractivity contribution < 1.29 is 19.1 Å². The molecule has 2 heterocycles. The number of carboxylic acids is 1. The molecule has 1 aromatic heterocycles. The van der Waals surface area contributed by atoms with E-state index in [-0.39, 0.29) is 12.3 Å². The second-order valence-corrected chi connectivity index (χ2v) is 5.48. The highest BCUT2D eigenvalue weighted by molar-refractivity contribution is 5.84. The predicted octanol–water partition coefficient (Wildman–Crippen LogP) is 2.25. The first-order valence-corrected chi connectivity index (χ1v) is 7.25. The maximum absolute atomic E-state index is 12.4. The van der Waals surface area contributed by atoms with Gasteiger partial charge in [0, 0.05) is 19.4 Å². The number of furan rings is 1. The number of hydrogen-bond acceptors (Lipinski definition) is 3.